The Morgan fingerprint density at radius 1 is 1.42 bits per heavy atom. The molecule has 0 aliphatic heterocycles. The molecule has 1 N–H and O–H groups in total. The van der Waals surface area contributed by atoms with Gasteiger partial charge in [0.1, 0.15) is 0 Å². The second kappa shape index (κ2) is 6.98. The van der Waals surface area contributed by atoms with Crippen molar-refractivity contribution in [3.8, 4) is 0 Å². The minimum absolute atomic E-state index is 0.142. The molecule has 1 heterocycles. The predicted octanol–water partition coefficient (Wildman–Crippen LogP) is 2.78. The second-order valence-electron chi connectivity index (χ2n) is 5.04. The third kappa shape index (κ3) is 3.99. The lowest BCUT2D eigenvalue weighted by molar-refractivity contribution is -0.380. The monoisotopic (exact) mass is 284 g/mol. The highest BCUT2D eigenvalue weighted by Crippen LogP contribution is 2.27. The average molecular weight is 284 g/mol. The van der Waals surface area contributed by atoms with Crippen LogP contribution in [0.25, 0.3) is 0 Å². The van der Waals surface area contributed by atoms with Gasteiger partial charge in [0, 0.05) is 30.6 Å². The van der Waals surface area contributed by atoms with Gasteiger partial charge in [-0.1, -0.05) is 30.6 Å². The summed E-state index contributed by atoms with van der Waals surface area (Å²) < 4.78 is 0. The fourth-order valence-electron chi connectivity index (χ4n) is 2.74. The van der Waals surface area contributed by atoms with E-state index in [0.29, 0.717) is 19.1 Å². The predicted molar refractivity (Wildman–Crippen MR) is 75.3 cm³/mol. The number of thiophene rings is 1. The molecule has 1 aromatic heterocycles. The standard InChI is InChI=1S/C13H20N2O3S/c16-7-6-14(12-4-2-1-3-5-12)9-11-8-13(15(17)18)19-10-11/h8,10,12,16H,1-7,9H2. The van der Waals surface area contributed by atoms with Crippen molar-refractivity contribution in [2.24, 2.45) is 0 Å². The van der Waals surface area contributed by atoms with Crippen LogP contribution in [-0.4, -0.2) is 34.1 Å². The molecule has 1 fully saturated rings. The van der Waals surface area contributed by atoms with E-state index < -0.39 is 0 Å². The maximum Gasteiger partial charge on any atom is 0.324 e. The van der Waals surface area contributed by atoms with Crippen molar-refractivity contribution in [1.29, 1.82) is 0 Å². The van der Waals surface area contributed by atoms with E-state index in [1.165, 1.54) is 43.4 Å². The summed E-state index contributed by atoms with van der Waals surface area (Å²) in [6.07, 6.45) is 6.14. The topological polar surface area (TPSA) is 66.6 Å². The summed E-state index contributed by atoms with van der Waals surface area (Å²) in [5.41, 5.74) is 0.982. The Morgan fingerprint density at radius 3 is 2.74 bits per heavy atom. The van der Waals surface area contributed by atoms with Crippen molar-refractivity contribution in [1.82, 2.24) is 4.90 Å². The number of hydrogen-bond donors (Lipinski definition) is 1. The van der Waals surface area contributed by atoms with Gasteiger partial charge in [-0.25, -0.2) is 0 Å². The molecule has 0 bridgehead atoms. The molecule has 2 rings (SSSR count). The normalized spacial score (nSPS) is 16.9. The van der Waals surface area contributed by atoms with Crippen LogP contribution in [0.1, 0.15) is 37.7 Å². The molecule has 1 aromatic rings. The molecule has 1 aliphatic rings. The number of nitro groups is 1. The first-order chi connectivity index (χ1) is 9.20. The van der Waals surface area contributed by atoms with E-state index in [-0.39, 0.29) is 16.5 Å². The maximum atomic E-state index is 10.7. The largest absolute Gasteiger partial charge is 0.395 e. The molecule has 0 radical (unpaired) electrons. The molecule has 0 aromatic carbocycles. The molecule has 1 saturated carbocycles. The Morgan fingerprint density at radius 2 is 2.16 bits per heavy atom. The molecule has 0 saturated heterocycles. The van der Waals surface area contributed by atoms with Crippen LogP contribution in [-0.2, 0) is 6.54 Å². The van der Waals surface area contributed by atoms with E-state index in [0.717, 1.165) is 5.56 Å². The molecule has 19 heavy (non-hydrogen) atoms. The third-order valence-electron chi connectivity index (χ3n) is 3.68. The number of aliphatic hydroxyl groups is 1. The van der Waals surface area contributed by atoms with Crippen molar-refractivity contribution < 1.29 is 10.0 Å². The molecular weight excluding hydrogens is 264 g/mol. The van der Waals surface area contributed by atoms with Gasteiger partial charge in [-0.05, 0) is 18.4 Å². The third-order valence-corrected chi connectivity index (χ3v) is 4.61. The molecule has 0 spiro atoms. The number of hydrogen-bond acceptors (Lipinski definition) is 5. The highest BCUT2D eigenvalue weighted by molar-refractivity contribution is 7.13. The fourth-order valence-corrected chi connectivity index (χ4v) is 3.46. The summed E-state index contributed by atoms with van der Waals surface area (Å²) in [7, 11) is 0. The van der Waals surface area contributed by atoms with Crippen LogP contribution in [0, 0.1) is 10.1 Å². The lowest BCUT2D eigenvalue weighted by atomic mass is 9.94. The van der Waals surface area contributed by atoms with E-state index in [1.54, 1.807) is 6.07 Å². The Hall–Kier alpha value is -0.980. The van der Waals surface area contributed by atoms with Gasteiger partial charge in [-0.3, -0.25) is 15.0 Å². The van der Waals surface area contributed by atoms with Crippen LogP contribution in [0.2, 0.25) is 0 Å². The van der Waals surface area contributed by atoms with Gasteiger partial charge in [0.05, 0.1) is 11.5 Å². The van der Waals surface area contributed by atoms with E-state index >= 15 is 0 Å². The zero-order valence-electron chi connectivity index (χ0n) is 11.0. The molecular formula is C13H20N2O3S. The molecule has 106 valence electrons. The highest BCUT2D eigenvalue weighted by Gasteiger charge is 2.22. The van der Waals surface area contributed by atoms with Gasteiger partial charge in [0.2, 0.25) is 0 Å². The fraction of sp³-hybridized carbons (Fsp3) is 0.692. The number of rotatable bonds is 6. The molecule has 0 atom stereocenters. The van der Waals surface area contributed by atoms with Gasteiger partial charge < -0.3 is 5.11 Å². The van der Waals surface area contributed by atoms with Gasteiger partial charge in [0.15, 0.2) is 0 Å². The van der Waals surface area contributed by atoms with Gasteiger partial charge in [-0.2, -0.15) is 0 Å². The van der Waals surface area contributed by atoms with Gasteiger partial charge >= 0.3 is 5.00 Å². The zero-order chi connectivity index (χ0) is 13.7. The Kier molecular flexibility index (Phi) is 5.30. The van der Waals surface area contributed by atoms with Gasteiger partial charge in [0.25, 0.3) is 0 Å². The smallest absolute Gasteiger partial charge is 0.324 e. The summed E-state index contributed by atoms with van der Waals surface area (Å²) in [4.78, 5) is 12.6. The quantitative estimate of drug-likeness (QED) is 0.644. The minimum atomic E-state index is -0.342. The van der Waals surface area contributed by atoms with Crippen molar-refractivity contribution in [2.45, 2.75) is 44.7 Å². The second-order valence-corrected chi connectivity index (χ2v) is 5.93. The van der Waals surface area contributed by atoms with E-state index in [9.17, 15) is 15.2 Å². The number of nitrogens with zero attached hydrogens (tertiary/aromatic N) is 2. The van der Waals surface area contributed by atoms with E-state index in [1.807, 2.05) is 5.38 Å². The summed E-state index contributed by atoms with van der Waals surface area (Å²) >= 11 is 1.18. The Labute approximate surface area is 117 Å². The maximum absolute atomic E-state index is 10.7. The SMILES string of the molecule is O=[N+]([O-])c1cc(CN(CCO)C2CCCCC2)cs1. The van der Waals surface area contributed by atoms with Crippen LogP contribution in [0.15, 0.2) is 11.4 Å². The summed E-state index contributed by atoms with van der Waals surface area (Å²) in [5, 5.41) is 21.9. The first-order valence-electron chi connectivity index (χ1n) is 6.77. The van der Waals surface area contributed by atoms with Crippen molar-refractivity contribution in [3.05, 3.63) is 27.1 Å². The number of aliphatic hydroxyl groups excluding tert-OH is 1. The first-order valence-corrected chi connectivity index (χ1v) is 7.65. The summed E-state index contributed by atoms with van der Waals surface area (Å²) in [6.45, 7) is 1.49. The van der Waals surface area contributed by atoms with Crippen molar-refractivity contribution in [2.75, 3.05) is 13.2 Å². The van der Waals surface area contributed by atoms with E-state index in [2.05, 4.69) is 4.90 Å². The van der Waals surface area contributed by atoms with Crippen LogP contribution in [0.5, 0.6) is 0 Å². The van der Waals surface area contributed by atoms with Crippen LogP contribution >= 0.6 is 11.3 Å². The molecule has 6 heteroatoms. The molecule has 5 nitrogen and oxygen atoms in total. The average Bonchev–Trinajstić information content (AvgIpc) is 2.88. The Balaban J connectivity index is 2.00. The Bertz CT molecular complexity index is 416. The van der Waals surface area contributed by atoms with E-state index in [4.69, 9.17) is 0 Å². The molecule has 0 unspecified atom stereocenters. The van der Waals surface area contributed by atoms with Crippen LogP contribution in [0.4, 0.5) is 5.00 Å². The van der Waals surface area contributed by atoms with Crippen LogP contribution < -0.4 is 0 Å². The lowest BCUT2D eigenvalue weighted by Gasteiger charge is -2.33. The summed E-state index contributed by atoms with van der Waals surface area (Å²) in [5.74, 6) is 0. The van der Waals surface area contributed by atoms with Gasteiger partial charge in [-0.15, -0.1) is 0 Å². The lowest BCUT2D eigenvalue weighted by Crippen LogP contribution is -2.38. The summed E-state index contributed by atoms with van der Waals surface area (Å²) in [6, 6.07) is 2.16. The van der Waals surface area contributed by atoms with Crippen molar-refractivity contribution >= 4 is 16.3 Å². The molecule has 0 amide bonds. The molecule has 1 aliphatic carbocycles. The first kappa shape index (κ1) is 14.4. The minimum Gasteiger partial charge on any atom is -0.395 e. The van der Waals surface area contributed by atoms with Crippen molar-refractivity contribution in [3.63, 3.8) is 0 Å². The highest BCUT2D eigenvalue weighted by atomic mass is 32.1. The zero-order valence-corrected chi connectivity index (χ0v) is 11.8. The van der Waals surface area contributed by atoms with Crippen LogP contribution in [0.3, 0.4) is 0 Å².